The quantitative estimate of drug-likeness (QED) is 0.311. The average molecular weight is 451 g/mol. The van der Waals surface area contributed by atoms with Crippen LogP contribution in [0.5, 0.6) is 11.5 Å². The van der Waals surface area contributed by atoms with E-state index < -0.39 is 28.6 Å². The van der Waals surface area contributed by atoms with Gasteiger partial charge >= 0.3 is 5.97 Å². The molecule has 10 heteroatoms. The Hall–Kier alpha value is -4.08. The Morgan fingerprint density at radius 1 is 1.18 bits per heavy atom. The van der Waals surface area contributed by atoms with Crippen LogP contribution in [0.4, 0.5) is 17.1 Å². The first kappa shape index (κ1) is 20.8. The molecule has 2 heterocycles. The number of carbonyl (C=O) groups is 2. The summed E-state index contributed by atoms with van der Waals surface area (Å²) in [5, 5.41) is 18.6. The molecule has 5 rings (SSSR count). The number of Topliss-reactive ketones (excluding diaryl/α,β-unsaturated/α-hetero) is 1. The number of para-hydroxylation sites is 2. The summed E-state index contributed by atoms with van der Waals surface area (Å²) < 4.78 is 15.7. The molecule has 33 heavy (non-hydrogen) atoms. The molecule has 0 bridgehead atoms. The highest BCUT2D eigenvalue weighted by Crippen LogP contribution is 2.48. The summed E-state index contributed by atoms with van der Waals surface area (Å²) in [6, 6.07) is 9.27. The summed E-state index contributed by atoms with van der Waals surface area (Å²) in [7, 11) is 1.24. The summed E-state index contributed by atoms with van der Waals surface area (Å²) in [6.45, 7) is 1.76. The van der Waals surface area contributed by atoms with E-state index >= 15 is 0 Å². The lowest BCUT2D eigenvalue weighted by Gasteiger charge is -2.32. The van der Waals surface area contributed by atoms with Gasteiger partial charge in [0, 0.05) is 11.3 Å². The molecule has 2 aromatic carbocycles. The van der Waals surface area contributed by atoms with Crippen LogP contribution in [-0.2, 0) is 14.3 Å². The van der Waals surface area contributed by atoms with E-state index in [1.807, 2.05) is 31.2 Å². The topological polar surface area (TPSA) is 129 Å². The van der Waals surface area contributed by atoms with Crippen LogP contribution in [0.15, 0.2) is 47.7 Å². The second kappa shape index (κ2) is 7.80. The van der Waals surface area contributed by atoms with Crippen molar-refractivity contribution in [3.8, 4) is 11.5 Å². The van der Waals surface area contributed by atoms with Crippen LogP contribution in [-0.4, -0.2) is 30.6 Å². The van der Waals surface area contributed by atoms with Gasteiger partial charge in [-0.05, 0) is 30.5 Å². The van der Waals surface area contributed by atoms with Crippen molar-refractivity contribution >= 4 is 28.8 Å². The highest BCUT2D eigenvalue weighted by molar-refractivity contribution is 6.11. The number of esters is 1. The van der Waals surface area contributed by atoms with Crippen molar-refractivity contribution in [2.24, 2.45) is 11.8 Å². The number of methoxy groups -OCH3 is 1. The summed E-state index contributed by atoms with van der Waals surface area (Å²) >= 11 is 0. The maximum absolute atomic E-state index is 13.7. The highest BCUT2D eigenvalue weighted by atomic mass is 16.7. The maximum Gasteiger partial charge on any atom is 0.316 e. The smallest absolute Gasteiger partial charge is 0.316 e. The molecule has 170 valence electrons. The fourth-order valence-corrected chi connectivity index (χ4v) is 4.70. The predicted octanol–water partition coefficient (Wildman–Crippen LogP) is 3.55. The number of rotatable bonds is 3. The zero-order valence-electron chi connectivity index (χ0n) is 17.9. The molecule has 3 aliphatic rings. The lowest BCUT2D eigenvalue weighted by Crippen LogP contribution is -2.39. The summed E-state index contributed by atoms with van der Waals surface area (Å²) in [4.78, 5) is 37.7. The van der Waals surface area contributed by atoms with Crippen LogP contribution in [0.1, 0.15) is 24.9 Å². The second-order valence-corrected chi connectivity index (χ2v) is 8.21. The van der Waals surface area contributed by atoms with Gasteiger partial charge in [-0.2, -0.15) is 0 Å². The minimum atomic E-state index is -1.01. The summed E-state index contributed by atoms with van der Waals surface area (Å²) in [5.74, 6) is -1.75. The molecule has 0 aromatic heterocycles. The van der Waals surface area contributed by atoms with Gasteiger partial charge in [-0.1, -0.05) is 19.1 Å². The van der Waals surface area contributed by atoms with E-state index in [4.69, 9.17) is 14.2 Å². The van der Waals surface area contributed by atoms with Crippen LogP contribution >= 0.6 is 0 Å². The zero-order valence-corrected chi connectivity index (χ0v) is 17.9. The Balaban J connectivity index is 1.73. The molecule has 0 radical (unpaired) electrons. The van der Waals surface area contributed by atoms with Crippen molar-refractivity contribution in [1.29, 1.82) is 0 Å². The first-order chi connectivity index (χ1) is 15.9. The standard InChI is InChI=1S/C23H21N3O7/c1-11-7-15-20(22(27)19(11)23(28)31-2)21(25-14-6-4-3-5-13(14)24-15)12-8-17-18(33-10-32-17)9-16(12)26(29)30/h3-6,8-9,11,19,21,24-25H,7,10H2,1-2H3. The molecule has 0 saturated heterocycles. The minimum absolute atomic E-state index is 0.0484. The third kappa shape index (κ3) is 3.34. The number of nitrogens with one attached hydrogen (secondary N) is 2. The van der Waals surface area contributed by atoms with Gasteiger partial charge in [0.15, 0.2) is 17.3 Å². The molecular formula is C23H21N3O7. The first-order valence-electron chi connectivity index (χ1n) is 10.4. The molecular weight excluding hydrogens is 430 g/mol. The number of ketones is 1. The van der Waals surface area contributed by atoms with E-state index in [1.165, 1.54) is 19.2 Å². The van der Waals surface area contributed by atoms with E-state index in [9.17, 15) is 19.7 Å². The Kier molecular flexibility index (Phi) is 4.92. The lowest BCUT2D eigenvalue weighted by atomic mass is 9.74. The van der Waals surface area contributed by atoms with Gasteiger partial charge in [0.2, 0.25) is 6.79 Å². The minimum Gasteiger partial charge on any atom is -0.468 e. The number of benzene rings is 2. The molecule has 0 saturated carbocycles. The largest absolute Gasteiger partial charge is 0.468 e. The third-order valence-corrected chi connectivity index (χ3v) is 6.25. The van der Waals surface area contributed by atoms with Gasteiger partial charge in [0.1, 0.15) is 5.92 Å². The fraction of sp³-hybridized carbons (Fsp3) is 0.304. The Bertz CT molecular complexity index is 1220. The molecule has 1 aliphatic carbocycles. The van der Waals surface area contributed by atoms with Crippen molar-refractivity contribution < 1.29 is 28.7 Å². The molecule has 0 spiro atoms. The van der Waals surface area contributed by atoms with Crippen LogP contribution in [0.3, 0.4) is 0 Å². The van der Waals surface area contributed by atoms with Gasteiger partial charge in [-0.15, -0.1) is 0 Å². The molecule has 2 aromatic rings. The van der Waals surface area contributed by atoms with E-state index in [0.29, 0.717) is 23.6 Å². The number of nitrogens with zero attached hydrogens (tertiary/aromatic N) is 1. The number of ether oxygens (including phenoxy) is 3. The van der Waals surface area contributed by atoms with E-state index in [1.54, 1.807) is 0 Å². The van der Waals surface area contributed by atoms with Crippen LogP contribution in [0.25, 0.3) is 0 Å². The summed E-state index contributed by atoms with van der Waals surface area (Å²) in [6.07, 6.45) is 0.395. The lowest BCUT2D eigenvalue weighted by molar-refractivity contribution is -0.385. The number of carbonyl (C=O) groups excluding carboxylic acids is 2. The van der Waals surface area contributed by atoms with Gasteiger partial charge < -0.3 is 24.8 Å². The number of hydrogen-bond donors (Lipinski definition) is 2. The van der Waals surface area contributed by atoms with Gasteiger partial charge in [-0.25, -0.2) is 0 Å². The monoisotopic (exact) mass is 451 g/mol. The molecule has 2 N–H and O–H groups in total. The zero-order chi connectivity index (χ0) is 23.3. The van der Waals surface area contributed by atoms with Crippen molar-refractivity contribution in [1.82, 2.24) is 0 Å². The first-order valence-corrected chi connectivity index (χ1v) is 10.4. The molecule has 2 aliphatic heterocycles. The van der Waals surface area contributed by atoms with E-state index in [-0.39, 0.29) is 35.3 Å². The number of allylic oxidation sites excluding steroid dienone is 1. The van der Waals surface area contributed by atoms with Crippen LogP contribution in [0.2, 0.25) is 0 Å². The van der Waals surface area contributed by atoms with E-state index in [2.05, 4.69) is 10.6 Å². The molecule has 10 nitrogen and oxygen atoms in total. The molecule has 0 amide bonds. The molecule has 3 unspecified atom stereocenters. The van der Waals surface area contributed by atoms with Gasteiger partial charge in [0.25, 0.3) is 5.69 Å². The summed E-state index contributed by atoms with van der Waals surface area (Å²) in [5.41, 5.74) is 2.29. The van der Waals surface area contributed by atoms with Crippen LogP contribution in [0, 0.1) is 22.0 Å². The number of hydrogen-bond acceptors (Lipinski definition) is 9. The Labute approximate surface area is 188 Å². The number of nitro benzene ring substituents is 1. The molecule has 3 atom stereocenters. The Morgan fingerprint density at radius 3 is 2.58 bits per heavy atom. The SMILES string of the molecule is COC(=O)C1C(=O)C2=C(CC1C)Nc1ccccc1NC2c1cc2c(cc1[N+](=O)[O-])OCO2. The normalized spacial score (nSPS) is 23.0. The van der Waals surface area contributed by atoms with Gasteiger partial charge in [-0.3, -0.25) is 19.7 Å². The highest BCUT2D eigenvalue weighted by Gasteiger charge is 2.45. The fourth-order valence-electron chi connectivity index (χ4n) is 4.70. The third-order valence-electron chi connectivity index (χ3n) is 6.25. The maximum atomic E-state index is 13.7. The van der Waals surface area contributed by atoms with E-state index in [0.717, 1.165) is 5.69 Å². The van der Waals surface area contributed by atoms with Crippen molar-refractivity contribution in [3.05, 3.63) is 63.3 Å². The average Bonchev–Trinajstić information content (AvgIpc) is 3.18. The molecule has 0 fully saturated rings. The number of nitro groups is 1. The van der Waals surface area contributed by atoms with Crippen LogP contribution < -0.4 is 20.1 Å². The van der Waals surface area contributed by atoms with Crippen molar-refractivity contribution in [2.45, 2.75) is 19.4 Å². The predicted molar refractivity (Wildman–Crippen MR) is 117 cm³/mol. The Morgan fingerprint density at radius 2 is 1.88 bits per heavy atom. The van der Waals surface area contributed by atoms with Gasteiger partial charge in [0.05, 0.1) is 41.1 Å². The number of fused-ring (bicyclic) bond motifs is 2. The van der Waals surface area contributed by atoms with Crippen molar-refractivity contribution in [3.63, 3.8) is 0 Å². The number of anilines is 2. The van der Waals surface area contributed by atoms with Crippen molar-refractivity contribution in [2.75, 3.05) is 24.5 Å². The second-order valence-electron chi connectivity index (χ2n) is 8.21.